The van der Waals surface area contributed by atoms with Crippen molar-refractivity contribution in [1.82, 2.24) is 10.6 Å². The van der Waals surface area contributed by atoms with Gasteiger partial charge < -0.3 is 10.6 Å². The van der Waals surface area contributed by atoms with E-state index in [9.17, 15) is 14.9 Å². The highest BCUT2D eigenvalue weighted by atomic mass is 16.6. The lowest BCUT2D eigenvalue weighted by Gasteiger charge is -2.04. The molecule has 6 nitrogen and oxygen atoms in total. The van der Waals surface area contributed by atoms with Crippen LogP contribution in [0.2, 0.25) is 0 Å². The van der Waals surface area contributed by atoms with Crippen LogP contribution in [0.1, 0.15) is 18.4 Å². The van der Waals surface area contributed by atoms with Crippen LogP contribution in [0.15, 0.2) is 24.3 Å². The lowest BCUT2D eigenvalue weighted by molar-refractivity contribution is -0.384. The first-order valence-corrected chi connectivity index (χ1v) is 6.28. The summed E-state index contributed by atoms with van der Waals surface area (Å²) in [4.78, 5) is 21.2. The Hall–Kier alpha value is -1.95. The molecule has 1 rings (SSSR count). The Bertz CT molecular complexity index is 418. The molecule has 0 fully saturated rings. The predicted octanol–water partition coefficient (Wildman–Crippen LogP) is 1.25. The zero-order valence-electron chi connectivity index (χ0n) is 11.0. The first-order chi connectivity index (χ1) is 9.13. The number of carbonyl (C=O) groups excluding carboxylic acids is 1. The van der Waals surface area contributed by atoms with E-state index in [1.165, 1.54) is 12.1 Å². The van der Waals surface area contributed by atoms with Crippen LogP contribution in [-0.4, -0.2) is 31.0 Å². The number of hydrogen-bond donors (Lipinski definition) is 2. The molecule has 0 radical (unpaired) electrons. The fraction of sp³-hybridized carbons (Fsp3) is 0.462. The lowest BCUT2D eigenvalue weighted by Crippen LogP contribution is -2.32. The molecule has 104 valence electrons. The van der Waals surface area contributed by atoms with Crippen molar-refractivity contribution < 1.29 is 9.72 Å². The van der Waals surface area contributed by atoms with Crippen LogP contribution in [0.5, 0.6) is 0 Å². The van der Waals surface area contributed by atoms with Crippen molar-refractivity contribution in [2.75, 3.05) is 20.1 Å². The summed E-state index contributed by atoms with van der Waals surface area (Å²) in [6.07, 6.45) is 2.70. The van der Waals surface area contributed by atoms with Crippen molar-refractivity contribution in [3.63, 3.8) is 0 Å². The van der Waals surface area contributed by atoms with Gasteiger partial charge in [-0.3, -0.25) is 14.9 Å². The molecule has 0 aliphatic rings. The van der Waals surface area contributed by atoms with Crippen LogP contribution in [0, 0.1) is 10.1 Å². The third kappa shape index (κ3) is 5.96. The van der Waals surface area contributed by atoms with Gasteiger partial charge in [-0.1, -0.05) is 12.1 Å². The van der Waals surface area contributed by atoms with E-state index in [1.54, 1.807) is 19.2 Å². The lowest BCUT2D eigenvalue weighted by atomic mass is 10.1. The third-order valence-electron chi connectivity index (χ3n) is 2.70. The van der Waals surface area contributed by atoms with Crippen molar-refractivity contribution >= 4 is 11.6 Å². The standard InChI is InChI=1S/C13H19N3O3/c1-14-10-13(17)15-9-3-2-4-11-5-7-12(8-6-11)16(18)19/h5-8,14H,2-4,9-10H2,1H3,(H,15,17). The van der Waals surface area contributed by atoms with Gasteiger partial charge in [0.2, 0.25) is 5.91 Å². The molecule has 0 saturated heterocycles. The number of unbranched alkanes of at least 4 members (excludes halogenated alkanes) is 1. The Balaban J connectivity index is 2.19. The largest absolute Gasteiger partial charge is 0.355 e. The Morgan fingerprint density at radius 3 is 2.53 bits per heavy atom. The van der Waals surface area contributed by atoms with Crippen LogP contribution >= 0.6 is 0 Å². The van der Waals surface area contributed by atoms with Crippen LogP contribution in [0.25, 0.3) is 0 Å². The Morgan fingerprint density at radius 2 is 1.95 bits per heavy atom. The maximum absolute atomic E-state index is 11.1. The number of benzene rings is 1. The average Bonchev–Trinajstić information content (AvgIpc) is 2.39. The molecule has 0 aliphatic carbocycles. The van der Waals surface area contributed by atoms with Gasteiger partial charge in [0.15, 0.2) is 0 Å². The summed E-state index contributed by atoms with van der Waals surface area (Å²) in [7, 11) is 1.73. The molecular weight excluding hydrogens is 246 g/mol. The number of hydrogen-bond acceptors (Lipinski definition) is 4. The number of nitrogens with zero attached hydrogens (tertiary/aromatic N) is 1. The number of nitrogens with one attached hydrogen (secondary N) is 2. The van der Waals surface area contributed by atoms with E-state index in [1.807, 2.05) is 0 Å². The Morgan fingerprint density at radius 1 is 1.26 bits per heavy atom. The second-order valence-corrected chi connectivity index (χ2v) is 4.26. The molecule has 1 aromatic rings. The first-order valence-electron chi connectivity index (χ1n) is 6.28. The molecule has 0 unspecified atom stereocenters. The smallest absolute Gasteiger partial charge is 0.269 e. The molecule has 1 aromatic carbocycles. The average molecular weight is 265 g/mol. The SMILES string of the molecule is CNCC(=O)NCCCCc1ccc([N+](=O)[O-])cc1. The summed E-state index contributed by atoms with van der Waals surface area (Å²) in [6.45, 7) is 0.996. The van der Waals surface area contributed by atoms with Gasteiger partial charge in [-0.25, -0.2) is 0 Å². The molecule has 1 amide bonds. The monoisotopic (exact) mass is 265 g/mol. The molecule has 0 atom stereocenters. The summed E-state index contributed by atoms with van der Waals surface area (Å²) >= 11 is 0. The van der Waals surface area contributed by atoms with Gasteiger partial charge >= 0.3 is 0 Å². The highest BCUT2D eigenvalue weighted by molar-refractivity contribution is 5.77. The van der Waals surface area contributed by atoms with Gasteiger partial charge in [-0.15, -0.1) is 0 Å². The molecule has 0 spiro atoms. The molecule has 19 heavy (non-hydrogen) atoms. The Labute approximate surface area is 112 Å². The first kappa shape index (κ1) is 15.1. The van der Waals surface area contributed by atoms with Gasteiger partial charge in [-0.2, -0.15) is 0 Å². The quantitative estimate of drug-likeness (QED) is 0.421. The summed E-state index contributed by atoms with van der Waals surface area (Å²) in [5.74, 6) is -0.00200. The molecular formula is C13H19N3O3. The predicted molar refractivity (Wildman–Crippen MR) is 73.0 cm³/mol. The zero-order chi connectivity index (χ0) is 14.1. The molecule has 0 heterocycles. The van der Waals surface area contributed by atoms with Crippen molar-refractivity contribution in [1.29, 1.82) is 0 Å². The van der Waals surface area contributed by atoms with E-state index in [0.29, 0.717) is 13.1 Å². The number of likely N-dealkylation sites (N-methyl/N-ethyl adjacent to an activating group) is 1. The topological polar surface area (TPSA) is 84.3 Å². The molecule has 0 saturated carbocycles. The molecule has 0 aromatic heterocycles. The number of rotatable bonds is 8. The Kier molecular flexibility index (Phi) is 6.52. The van der Waals surface area contributed by atoms with Gasteiger partial charge in [-0.05, 0) is 31.9 Å². The fourth-order valence-electron chi connectivity index (χ4n) is 1.69. The van der Waals surface area contributed by atoms with Crippen LogP contribution < -0.4 is 10.6 Å². The summed E-state index contributed by atoms with van der Waals surface area (Å²) < 4.78 is 0. The minimum atomic E-state index is -0.402. The number of nitro benzene ring substituents is 1. The summed E-state index contributed by atoms with van der Waals surface area (Å²) in [5.41, 5.74) is 1.19. The zero-order valence-corrected chi connectivity index (χ0v) is 11.0. The number of non-ortho nitro benzene ring substituents is 1. The van der Waals surface area contributed by atoms with Gasteiger partial charge in [0, 0.05) is 18.7 Å². The molecule has 0 aliphatic heterocycles. The van der Waals surface area contributed by atoms with E-state index in [2.05, 4.69) is 10.6 Å². The fourth-order valence-corrected chi connectivity index (χ4v) is 1.69. The number of nitro groups is 1. The highest BCUT2D eigenvalue weighted by Gasteiger charge is 2.03. The van der Waals surface area contributed by atoms with Crippen LogP contribution in [-0.2, 0) is 11.2 Å². The number of amides is 1. The molecule has 6 heteroatoms. The molecule has 2 N–H and O–H groups in total. The van der Waals surface area contributed by atoms with E-state index < -0.39 is 4.92 Å². The normalized spacial score (nSPS) is 10.2. The third-order valence-corrected chi connectivity index (χ3v) is 2.70. The minimum absolute atomic E-state index is 0.00200. The number of aryl methyl sites for hydroxylation is 1. The maximum Gasteiger partial charge on any atom is 0.269 e. The van der Waals surface area contributed by atoms with Crippen molar-refractivity contribution in [2.24, 2.45) is 0 Å². The van der Waals surface area contributed by atoms with E-state index >= 15 is 0 Å². The minimum Gasteiger partial charge on any atom is -0.355 e. The summed E-state index contributed by atoms with van der Waals surface area (Å²) in [5, 5.41) is 16.1. The van der Waals surface area contributed by atoms with E-state index in [-0.39, 0.29) is 11.6 Å². The van der Waals surface area contributed by atoms with E-state index in [4.69, 9.17) is 0 Å². The van der Waals surface area contributed by atoms with E-state index in [0.717, 1.165) is 24.8 Å². The number of carbonyl (C=O) groups is 1. The molecule has 0 bridgehead atoms. The van der Waals surface area contributed by atoms with Crippen molar-refractivity contribution in [3.8, 4) is 0 Å². The summed E-state index contributed by atoms with van der Waals surface area (Å²) in [6, 6.07) is 6.59. The highest BCUT2D eigenvalue weighted by Crippen LogP contribution is 2.13. The van der Waals surface area contributed by atoms with Crippen LogP contribution in [0.4, 0.5) is 5.69 Å². The van der Waals surface area contributed by atoms with Crippen LogP contribution in [0.3, 0.4) is 0 Å². The van der Waals surface area contributed by atoms with Crippen molar-refractivity contribution in [2.45, 2.75) is 19.3 Å². The van der Waals surface area contributed by atoms with Gasteiger partial charge in [0.25, 0.3) is 5.69 Å². The van der Waals surface area contributed by atoms with Crippen molar-refractivity contribution in [3.05, 3.63) is 39.9 Å². The maximum atomic E-state index is 11.1. The second-order valence-electron chi connectivity index (χ2n) is 4.26. The van der Waals surface area contributed by atoms with Gasteiger partial charge in [0.05, 0.1) is 11.5 Å². The second kappa shape index (κ2) is 8.20. The van der Waals surface area contributed by atoms with Gasteiger partial charge in [0.1, 0.15) is 0 Å².